The third-order valence-corrected chi connectivity index (χ3v) is 3.96. The summed E-state index contributed by atoms with van der Waals surface area (Å²) in [6.45, 7) is 1.76. The lowest BCUT2D eigenvalue weighted by molar-refractivity contribution is 0.619. The van der Waals surface area contributed by atoms with Gasteiger partial charge in [-0.05, 0) is 53.9 Å². The molecule has 0 unspecified atom stereocenters. The van der Waals surface area contributed by atoms with Crippen molar-refractivity contribution in [2.45, 2.75) is 6.92 Å². The fourth-order valence-electron chi connectivity index (χ4n) is 2.63. The SMILES string of the molecule is Cc1ccc(-c2cn3cc(-c4c[c]ccc4)ccc3n2)cc1F. The van der Waals surface area contributed by atoms with Gasteiger partial charge in [0.2, 0.25) is 0 Å². The molecule has 0 spiro atoms. The summed E-state index contributed by atoms with van der Waals surface area (Å²) in [6, 6.07) is 20.1. The van der Waals surface area contributed by atoms with Crippen molar-refractivity contribution in [2.75, 3.05) is 0 Å². The summed E-state index contributed by atoms with van der Waals surface area (Å²) in [7, 11) is 0. The quantitative estimate of drug-likeness (QED) is 0.514. The Balaban J connectivity index is 1.80. The highest BCUT2D eigenvalue weighted by Crippen LogP contribution is 2.24. The van der Waals surface area contributed by atoms with Gasteiger partial charge in [-0.3, -0.25) is 0 Å². The molecule has 23 heavy (non-hydrogen) atoms. The van der Waals surface area contributed by atoms with Gasteiger partial charge in [-0.1, -0.05) is 30.3 Å². The van der Waals surface area contributed by atoms with Crippen LogP contribution in [0.2, 0.25) is 0 Å². The molecule has 0 aliphatic carbocycles. The minimum Gasteiger partial charge on any atom is -0.306 e. The molecule has 4 aromatic rings. The van der Waals surface area contributed by atoms with E-state index in [4.69, 9.17) is 0 Å². The van der Waals surface area contributed by atoms with E-state index in [2.05, 4.69) is 11.1 Å². The monoisotopic (exact) mass is 301 g/mol. The van der Waals surface area contributed by atoms with E-state index in [-0.39, 0.29) is 5.82 Å². The zero-order valence-corrected chi connectivity index (χ0v) is 12.6. The molecule has 0 aliphatic rings. The Morgan fingerprint density at radius 3 is 2.65 bits per heavy atom. The first-order valence-electron chi connectivity index (χ1n) is 7.42. The van der Waals surface area contributed by atoms with E-state index in [1.807, 2.05) is 59.3 Å². The van der Waals surface area contributed by atoms with Crippen LogP contribution in [-0.2, 0) is 0 Å². The van der Waals surface area contributed by atoms with Crippen LogP contribution in [0, 0.1) is 18.8 Å². The highest BCUT2D eigenvalue weighted by Gasteiger charge is 2.07. The van der Waals surface area contributed by atoms with Gasteiger partial charge < -0.3 is 4.40 Å². The van der Waals surface area contributed by atoms with Gasteiger partial charge in [-0.25, -0.2) is 9.37 Å². The molecule has 0 bridgehead atoms. The lowest BCUT2D eigenvalue weighted by Gasteiger charge is -2.01. The van der Waals surface area contributed by atoms with Crippen molar-refractivity contribution in [1.82, 2.24) is 9.38 Å². The van der Waals surface area contributed by atoms with E-state index in [9.17, 15) is 4.39 Å². The van der Waals surface area contributed by atoms with Crippen LogP contribution in [0.25, 0.3) is 28.0 Å². The van der Waals surface area contributed by atoms with E-state index in [0.717, 1.165) is 28.0 Å². The Morgan fingerprint density at radius 1 is 1.00 bits per heavy atom. The number of hydrogen-bond acceptors (Lipinski definition) is 1. The number of aryl methyl sites for hydroxylation is 1. The molecule has 2 aromatic carbocycles. The van der Waals surface area contributed by atoms with Crippen molar-refractivity contribution in [2.24, 2.45) is 0 Å². The van der Waals surface area contributed by atoms with Crippen LogP contribution in [0.4, 0.5) is 4.39 Å². The van der Waals surface area contributed by atoms with Crippen molar-refractivity contribution in [3.8, 4) is 22.4 Å². The number of fused-ring (bicyclic) bond motifs is 1. The smallest absolute Gasteiger partial charge is 0.137 e. The Bertz CT molecular complexity index is 987. The van der Waals surface area contributed by atoms with Crippen LogP contribution in [0.3, 0.4) is 0 Å². The van der Waals surface area contributed by atoms with Crippen LogP contribution < -0.4 is 0 Å². The maximum Gasteiger partial charge on any atom is 0.137 e. The fraction of sp³-hybridized carbons (Fsp3) is 0.0500. The van der Waals surface area contributed by atoms with Gasteiger partial charge in [0.25, 0.3) is 0 Å². The van der Waals surface area contributed by atoms with Crippen LogP contribution in [0.15, 0.2) is 67.0 Å². The summed E-state index contributed by atoms with van der Waals surface area (Å²) in [5.74, 6) is -0.208. The molecular weight excluding hydrogens is 287 g/mol. The Kier molecular flexibility index (Phi) is 3.19. The maximum atomic E-state index is 13.8. The van der Waals surface area contributed by atoms with Gasteiger partial charge in [-0.2, -0.15) is 0 Å². The highest BCUT2D eigenvalue weighted by molar-refractivity contribution is 5.67. The molecule has 111 valence electrons. The summed E-state index contributed by atoms with van der Waals surface area (Å²) >= 11 is 0. The molecule has 3 heteroatoms. The highest BCUT2D eigenvalue weighted by atomic mass is 19.1. The second-order valence-corrected chi connectivity index (χ2v) is 5.57. The molecule has 2 aromatic heterocycles. The van der Waals surface area contributed by atoms with Crippen molar-refractivity contribution >= 4 is 5.65 Å². The molecule has 2 heterocycles. The summed E-state index contributed by atoms with van der Waals surface area (Å²) in [5.41, 5.74) is 5.22. The third kappa shape index (κ3) is 2.50. The first-order chi connectivity index (χ1) is 11.2. The minimum absolute atomic E-state index is 0.208. The normalized spacial score (nSPS) is 11.0. The molecular formula is C20H14FN2. The van der Waals surface area contributed by atoms with E-state index >= 15 is 0 Å². The maximum absolute atomic E-state index is 13.8. The number of hydrogen-bond donors (Lipinski definition) is 0. The van der Waals surface area contributed by atoms with E-state index < -0.39 is 0 Å². The van der Waals surface area contributed by atoms with Crippen LogP contribution in [0.5, 0.6) is 0 Å². The summed E-state index contributed by atoms with van der Waals surface area (Å²) in [4.78, 5) is 4.58. The number of nitrogens with zero attached hydrogens (tertiary/aromatic N) is 2. The Hall–Kier alpha value is -2.94. The molecule has 1 radical (unpaired) electrons. The molecule has 0 saturated heterocycles. The second kappa shape index (κ2) is 5.36. The molecule has 0 aliphatic heterocycles. The van der Waals surface area contributed by atoms with Gasteiger partial charge in [0.1, 0.15) is 11.5 Å². The molecule has 4 rings (SSSR count). The molecule has 0 amide bonds. The van der Waals surface area contributed by atoms with E-state index in [0.29, 0.717) is 5.56 Å². The Morgan fingerprint density at radius 2 is 1.87 bits per heavy atom. The average molecular weight is 301 g/mol. The summed E-state index contributed by atoms with van der Waals surface area (Å²) in [6.07, 6.45) is 3.95. The first-order valence-corrected chi connectivity index (χ1v) is 7.42. The van der Waals surface area contributed by atoms with Crippen molar-refractivity contribution < 1.29 is 4.39 Å². The average Bonchev–Trinajstić information content (AvgIpc) is 3.01. The third-order valence-electron chi connectivity index (χ3n) is 3.96. The number of aromatic nitrogens is 2. The number of rotatable bonds is 2. The van der Waals surface area contributed by atoms with E-state index in [1.54, 1.807) is 13.0 Å². The number of benzene rings is 2. The molecule has 0 N–H and O–H groups in total. The van der Waals surface area contributed by atoms with Gasteiger partial charge in [0.05, 0.1) is 5.69 Å². The number of halogens is 1. The second-order valence-electron chi connectivity index (χ2n) is 5.57. The first kappa shape index (κ1) is 13.7. The molecule has 0 fully saturated rings. The van der Waals surface area contributed by atoms with Gasteiger partial charge in [0.15, 0.2) is 0 Å². The lowest BCUT2D eigenvalue weighted by Crippen LogP contribution is -1.85. The largest absolute Gasteiger partial charge is 0.306 e. The van der Waals surface area contributed by atoms with Crippen molar-refractivity contribution in [1.29, 1.82) is 0 Å². The molecule has 2 nitrogen and oxygen atoms in total. The number of pyridine rings is 1. The van der Waals surface area contributed by atoms with Crippen LogP contribution in [0.1, 0.15) is 5.56 Å². The Labute approximate surface area is 133 Å². The van der Waals surface area contributed by atoms with Crippen LogP contribution in [-0.4, -0.2) is 9.38 Å². The standard InChI is InChI=1S/C20H14FN2/c1-14-7-8-16(11-18(14)21)19-13-23-12-17(9-10-20(23)22-19)15-5-3-2-4-6-15/h2-3,5-13H,1H3. The molecule has 0 saturated carbocycles. The van der Waals surface area contributed by atoms with E-state index in [1.165, 1.54) is 6.07 Å². The minimum atomic E-state index is -0.208. The van der Waals surface area contributed by atoms with Gasteiger partial charge in [0, 0.05) is 18.0 Å². The predicted octanol–water partition coefficient (Wildman–Crippen LogP) is 4.92. The summed E-state index contributed by atoms with van der Waals surface area (Å²) in [5, 5.41) is 0. The zero-order valence-electron chi connectivity index (χ0n) is 12.6. The van der Waals surface area contributed by atoms with Crippen LogP contribution >= 0.6 is 0 Å². The lowest BCUT2D eigenvalue weighted by atomic mass is 10.1. The topological polar surface area (TPSA) is 17.3 Å². The molecule has 0 atom stereocenters. The number of imidazole rings is 1. The van der Waals surface area contributed by atoms with Gasteiger partial charge >= 0.3 is 0 Å². The van der Waals surface area contributed by atoms with Gasteiger partial charge in [-0.15, -0.1) is 0 Å². The zero-order chi connectivity index (χ0) is 15.8. The summed E-state index contributed by atoms with van der Waals surface area (Å²) < 4.78 is 15.7. The van der Waals surface area contributed by atoms with Crippen molar-refractivity contribution in [3.63, 3.8) is 0 Å². The van der Waals surface area contributed by atoms with Crippen molar-refractivity contribution in [3.05, 3.63) is 84.4 Å². The fourth-order valence-corrected chi connectivity index (χ4v) is 2.63. The predicted molar refractivity (Wildman–Crippen MR) is 89.6 cm³/mol.